The fraction of sp³-hybridized carbons (Fsp3) is 0.739. The monoisotopic (exact) mass is 477 g/mol. The van der Waals surface area contributed by atoms with E-state index in [-0.39, 0.29) is 49.9 Å². The number of nitrogens with one attached hydrogen (secondary N) is 2. The van der Waals surface area contributed by atoms with Gasteiger partial charge in [0, 0.05) is 25.8 Å². The number of hydrogen-bond donors (Lipinski definition) is 2. The highest BCUT2D eigenvalue weighted by Crippen LogP contribution is 2.27. The SMILES string of the molecule is CC(=O)C[C@@H](C=O)NC(=O)[C@@H]1CCCN2C(=O)CCN(NC(=O)CCC3CCCCC3)C(=O)N12. The van der Waals surface area contributed by atoms with E-state index in [1.54, 1.807) is 0 Å². The number of ketones is 1. The van der Waals surface area contributed by atoms with Crippen LogP contribution in [0, 0.1) is 5.92 Å². The van der Waals surface area contributed by atoms with Gasteiger partial charge in [0.2, 0.25) is 17.7 Å². The fourth-order valence-electron chi connectivity index (χ4n) is 4.96. The molecule has 2 aliphatic heterocycles. The third-order valence-corrected chi connectivity index (χ3v) is 6.73. The molecule has 3 aliphatic rings. The fourth-order valence-corrected chi connectivity index (χ4v) is 4.96. The molecule has 1 saturated carbocycles. The number of fused-ring (bicyclic) bond motifs is 1. The van der Waals surface area contributed by atoms with E-state index in [2.05, 4.69) is 10.7 Å². The zero-order valence-corrected chi connectivity index (χ0v) is 19.8. The zero-order valence-electron chi connectivity index (χ0n) is 19.8. The summed E-state index contributed by atoms with van der Waals surface area (Å²) in [6.45, 7) is 1.61. The van der Waals surface area contributed by atoms with E-state index >= 15 is 0 Å². The number of Topliss-reactive ketones (excluding diaryl/α,β-unsaturated/α-hetero) is 1. The van der Waals surface area contributed by atoms with E-state index in [0.717, 1.165) is 29.3 Å². The Kier molecular flexibility index (Phi) is 9.00. The molecule has 11 nitrogen and oxygen atoms in total. The summed E-state index contributed by atoms with van der Waals surface area (Å²) in [4.78, 5) is 74.3. The number of carbonyl (C=O) groups excluding carboxylic acids is 6. The van der Waals surface area contributed by atoms with Gasteiger partial charge in [-0.2, -0.15) is 0 Å². The predicted molar refractivity (Wildman–Crippen MR) is 121 cm³/mol. The molecule has 11 heteroatoms. The summed E-state index contributed by atoms with van der Waals surface area (Å²) in [6, 6.07) is -2.70. The van der Waals surface area contributed by atoms with Crippen LogP contribution in [0.15, 0.2) is 0 Å². The first-order valence-corrected chi connectivity index (χ1v) is 12.3. The first-order valence-electron chi connectivity index (χ1n) is 12.3. The minimum absolute atomic E-state index is 0.00940. The van der Waals surface area contributed by atoms with Gasteiger partial charge in [-0.25, -0.2) is 19.8 Å². The molecule has 0 aromatic heterocycles. The summed E-state index contributed by atoms with van der Waals surface area (Å²) in [5.74, 6) is -0.964. The van der Waals surface area contributed by atoms with Crippen molar-refractivity contribution in [3.8, 4) is 0 Å². The van der Waals surface area contributed by atoms with Gasteiger partial charge >= 0.3 is 6.03 Å². The topological polar surface area (TPSA) is 136 Å². The lowest BCUT2D eigenvalue weighted by Crippen LogP contribution is -2.64. The number of rotatable bonds is 9. The molecular formula is C23H35N5O6. The molecule has 0 aromatic carbocycles. The summed E-state index contributed by atoms with van der Waals surface area (Å²) < 4.78 is 0. The van der Waals surface area contributed by atoms with Gasteiger partial charge in [-0.3, -0.25) is 24.6 Å². The van der Waals surface area contributed by atoms with Crippen molar-refractivity contribution in [1.29, 1.82) is 0 Å². The average Bonchev–Trinajstić information content (AvgIpc) is 2.94. The van der Waals surface area contributed by atoms with E-state index in [1.165, 1.54) is 31.2 Å². The minimum Gasteiger partial charge on any atom is -0.344 e. The second kappa shape index (κ2) is 11.9. The number of carbonyl (C=O) groups is 6. The van der Waals surface area contributed by atoms with Gasteiger partial charge in [-0.1, -0.05) is 32.1 Å². The van der Waals surface area contributed by atoms with Gasteiger partial charge in [-0.05, 0) is 32.1 Å². The van der Waals surface area contributed by atoms with Crippen LogP contribution in [-0.4, -0.2) is 76.0 Å². The summed E-state index contributed by atoms with van der Waals surface area (Å²) in [5, 5.41) is 5.96. The summed E-state index contributed by atoms with van der Waals surface area (Å²) in [7, 11) is 0. The number of urea groups is 1. The Balaban J connectivity index is 1.67. The quantitative estimate of drug-likeness (QED) is 0.477. The third-order valence-electron chi connectivity index (χ3n) is 6.73. The predicted octanol–water partition coefficient (Wildman–Crippen LogP) is 1.07. The van der Waals surface area contributed by atoms with Crippen LogP contribution >= 0.6 is 0 Å². The Hall–Kier alpha value is -2.98. The Labute approximate surface area is 199 Å². The Morgan fingerprint density at radius 3 is 2.47 bits per heavy atom. The van der Waals surface area contributed by atoms with Crippen molar-refractivity contribution in [2.75, 3.05) is 13.1 Å². The van der Waals surface area contributed by atoms with Crippen LogP contribution in [0.1, 0.15) is 77.6 Å². The van der Waals surface area contributed by atoms with Crippen LogP contribution < -0.4 is 10.7 Å². The Morgan fingerprint density at radius 1 is 1.06 bits per heavy atom. The number of aldehydes is 1. The second-order valence-corrected chi connectivity index (χ2v) is 9.44. The lowest BCUT2D eigenvalue weighted by Gasteiger charge is -2.43. The first-order chi connectivity index (χ1) is 16.3. The zero-order chi connectivity index (χ0) is 24.7. The lowest BCUT2D eigenvalue weighted by atomic mass is 9.86. The molecule has 2 atom stereocenters. The molecule has 0 unspecified atom stereocenters. The number of nitrogens with zero attached hydrogens (tertiary/aromatic N) is 3. The molecule has 1 aliphatic carbocycles. The Morgan fingerprint density at radius 2 is 1.79 bits per heavy atom. The van der Waals surface area contributed by atoms with Crippen LogP contribution in [0.2, 0.25) is 0 Å². The maximum Gasteiger partial charge on any atom is 0.358 e. The van der Waals surface area contributed by atoms with Gasteiger partial charge in [0.15, 0.2) is 0 Å². The van der Waals surface area contributed by atoms with Crippen LogP contribution in [0.4, 0.5) is 4.79 Å². The highest BCUT2D eigenvalue weighted by molar-refractivity contribution is 5.93. The van der Waals surface area contributed by atoms with Crippen molar-refractivity contribution in [3.05, 3.63) is 0 Å². The molecule has 0 bridgehead atoms. The number of hydrazine groups is 2. The summed E-state index contributed by atoms with van der Waals surface area (Å²) in [5.41, 5.74) is 2.63. The van der Waals surface area contributed by atoms with Crippen molar-refractivity contribution < 1.29 is 28.8 Å². The third kappa shape index (κ3) is 6.54. The van der Waals surface area contributed by atoms with Crippen molar-refractivity contribution in [3.63, 3.8) is 0 Å². The number of amides is 5. The normalized spacial score (nSPS) is 22.5. The first kappa shape index (κ1) is 25.6. The molecule has 2 saturated heterocycles. The smallest absolute Gasteiger partial charge is 0.344 e. The number of hydrogen-bond acceptors (Lipinski definition) is 6. The standard InChI is InChI=1S/C23H35N5O6/c1-16(30)14-18(15-29)24-22(33)19-8-5-12-27-21(32)11-13-26(23(34)28(19)27)25-20(31)10-9-17-6-3-2-4-7-17/h15,17-19H,2-14H2,1H3,(H,24,33)(H,25,31)/t18-,19-/m0/s1. The molecule has 0 radical (unpaired) electrons. The maximum atomic E-state index is 13.4. The van der Waals surface area contributed by atoms with Crippen molar-refractivity contribution in [1.82, 2.24) is 25.8 Å². The molecule has 3 rings (SSSR count). The highest BCUT2D eigenvalue weighted by Gasteiger charge is 2.44. The molecular weight excluding hydrogens is 442 g/mol. The van der Waals surface area contributed by atoms with E-state index in [1.807, 2.05) is 0 Å². The molecule has 5 amide bonds. The minimum atomic E-state index is -1.03. The molecule has 34 heavy (non-hydrogen) atoms. The molecule has 2 heterocycles. The van der Waals surface area contributed by atoms with E-state index in [0.29, 0.717) is 25.0 Å². The second-order valence-electron chi connectivity index (χ2n) is 9.44. The molecule has 2 N–H and O–H groups in total. The van der Waals surface area contributed by atoms with Crippen LogP contribution in [0.5, 0.6) is 0 Å². The van der Waals surface area contributed by atoms with Gasteiger partial charge < -0.3 is 10.1 Å². The molecule has 188 valence electrons. The van der Waals surface area contributed by atoms with E-state index < -0.39 is 24.0 Å². The van der Waals surface area contributed by atoms with Gasteiger partial charge in [0.1, 0.15) is 18.1 Å². The van der Waals surface area contributed by atoms with Crippen molar-refractivity contribution >= 4 is 35.8 Å². The van der Waals surface area contributed by atoms with Gasteiger partial charge in [-0.15, -0.1) is 0 Å². The summed E-state index contributed by atoms with van der Waals surface area (Å²) in [6.07, 6.45) is 8.04. The van der Waals surface area contributed by atoms with Gasteiger partial charge in [0.05, 0.1) is 12.6 Å². The van der Waals surface area contributed by atoms with Crippen LogP contribution in [0.3, 0.4) is 0 Å². The largest absolute Gasteiger partial charge is 0.358 e. The molecule has 3 fully saturated rings. The van der Waals surface area contributed by atoms with Crippen molar-refractivity contribution in [2.24, 2.45) is 5.92 Å². The van der Waals surface area contributed by atoms with Crippen LogP contribution in [-0.2, 0) is 24.0 Å². The Bertz CT molecular complexity index is 812. The van der Waals surface area contributed by atoms with Crippen LogP contribution in [0.25, 0.3) is 0 Å². The van der Waals surface area contributed by atoms with E-state index in [9.17, 15) is 28.8 Å². The van der Waals surface area contributed by atoms with Crippen molar-refractivity contribution in [2.45, 2.75) is 89.6 Å². The maximum absolute atomic E-state index is 13.4. The molecule has 0 aromatic rings. The lowest BCUT2D eigenvalue weighted by molar-refractivity contribution is -0.155. The molecule has 0 spiro atoms. The average molecular weight is 478 g/mol. The summed E-state index contributed by atoms with van der Waals surface area (Å²) >= 11 is 0. The van der Waals surface area contributed by atoms with E-state index in [4.69, 9.17) is 0 Å². The highest BCUT2D eigenvalue weighted by atomic mass is 16.2. The van der Waals surface area contributed by atoms with Gasteiger partial charge in [0.25, 0.3) is 0 Å².